The Labute approximate surface area is 50.3 Å². The first-order valence-corrected chi connectivity index (χ1v) is 3.94. The summed E-state index contributed by atoms with van der Waals surface area (Å²) in [7, 11) is 0.182. The molecule has 0 aliphatic carbocycles. The SMILES string of the molecule is C1=C[SiH2]C=C1.O=CO. The lowest BCUT2D eigenvalue weighted by Gasteiger charge is -1.54. The van der Waals surface area contributed by atoms with Crippen molar-refractivity contribution >= 4 is 16.0 Å². The van der Waals surface area contributed by atoms with Crippen molar-refractivity contribution in [2.75, 3.05) is 0 Å². The highest BCUT2D eigenvalue weighted by atomic mass is 28.2. The van der Waals surface area contributed by atoms with Crippen molar-refractivity contribution < 1.29 is 9.90 Å². The van der Waals surface area contributed by atoms with E-state index in [1.165, 1.54) is 0 Å². The molecule has 1 aliphatic heterocycles. The van der Waals surface area contributed by atoms with Gasteiger partial charge < -0.3 is 5.11 Å². The maximum Gasteiger partial charge on any atom is 0.290 e. The van der Waals surface area contributed by atoms with E-state index >= 15 is 0 Å². The fourth-order valence-corrected chi connectivity index (χ4v) is 1.18. The molecule has 0 spiro atoms. The Morgan fingerprint density at radius 1 is 1.38 bits per heavy atom. The van der Waals surface area contributed by atoms with Gasteiger partial charge in [0, 0.05) is 0 Å². The zero-order chi connectivity index (χ0) is 6.24. The Kier molecular flexibility index (Phi) is 5.52. The Morgan fingerprint density at radius 2 is 1.75 bits per heavy atom. The minimum absolute atomic E-state index is 0.182. The third-order valence-electron chi connectivity index (χ3n) is 0.655. The molecule has 0 bridgehead atoms. The van der Waals surface area contributed by atoms with Gasteiger partial charge in [-0.05, 0) is 0 Å². The highest BCUT2D eigenvalue weighted by molar-refractivity contribution is 6.49. The van der Waals surface area contributed by atoms with Crippen LogP contribution in [0.15, 0.2) is 23.6 Å². The van der Waals surface area contributed by atoms with Crippen LogP contribution in [-0.2, 0) is 4.79 Å². The molecule has 0 unspecified atom stereocenters. The summed E-state index contributed by atoms with van der Waals surface area (Å²) in [5.41, 5.74) is 4.53. The minimum Gasteiger partial charge on any atom is -0.483 e. The quantitative estimate of drug-likeness (QED) is 0.365. The molecule has 8 heavy (non-hydrogen) atoms. The summed E-state index contributed by atoms with van der Waals surface area (Å²) in [6.07, 6.45) is 4.23. The van der Waals surface area contributed by atoms with Gasteiger partial charge in [-0.2, -0.15) is 0 Å². The molecular formula is C5H8O2Si. The molecule has 0 atom stereocenters. The molecule has 1 N–H and O–H groups in total. The van der Waals surface area contributed by atoms with Crippen LogP contribution >= 0.6 is 0 Å². The molecule has 0 saturated heterocycles. The minimum atomic E-state index is -0.250. The van der Waals surface area contributed by atoms with Crippen LogP contribution in [0.3, 0.4) is 0 Å². The number of carbonyl (C=O) groups is 1. The number of allylic oxidation sites excluding steroid dienone is 2. The Morgan fingerprint density at radius 3 is 1.88 bits per heavy atom. The Hall–Kier alpha value is -0.833. The normalized spacial score (nSPS) is 12.5. The molecule has 0 aromatic heterocycles. The van der Waals surface area contributed by atoms with Crippen LogP contribution < -0.4 is 0 Å². The molecule has 44 valence electrons. The van der Waals surface area contributed by atoms with E-state index in [9.17, 15) is 0 Å². The van der Waals surface area contributed by atoms with E-state index in [-0.39, 0.29) is 16.0 Å². The lowest BCUT2D eigenvalue weighted by Crippen LogP contribution is -1.63. The van der Waals surface area contributed by atoms with Gasteiger partial charge >= 0.3 is 0 Å². The van der Waals surface area contributed by atoms with Crippen LogP contribution in [0.2, 0.25) is 0 Å². The Balaban J connectivity index is 0.000000145. The topological polar surface area (TPSA) is 37.3 Å². The predicted octanol–water partition coefficient (Wildman–Crippen LogP) is -0.103. The van der Waals surface area contributed by atoms with Crippen LogP contribution in [-0.4, -0.2) is 21.1 Å². The van der Waals surface area contributed by atoms with Gasteiger partial charge in [0.1, 0.15) is 0 Å². The van der Waals surface area contributed by atoms with Crippen LogP contribution in [0.4, 0.5) is 0 Å². The molecule has 1 rings (SSSR count). The van der Waals surface area contributed by atoms with Crippen molar-refractivity contribution in [3.8, 4) is 0 Å². The highest BCUT2D eigenvalue weighted by Crippen LogP contribution is 1.82. The van der Waals surface area contributed by atoms with Crippen molar-refractivity contribution in [3.05, 3.63) is 23.6 Å². The van der Waals surface area contributed by atoms with Crippen molar-refractivity contribution in [1.82, 2.24) is 0 Å². The van der Waals surface area contributed by atoms with Crippen molar-refractivity contribution in [2.45, 2.75) is 0 Å². The highest BCUT2D eigenvalue weighted by Gasteiger charge is 1.73. The molecule has 0 amide bonds. The second-order valence-electron chi connectivity index (χ2n) is 1.20. The molecule has 0 fully saturated rings. The molecule has 0 saturated carbocycles. The average Bonchev–Trinajstić information content (AvgIpc) is 2.17. The third kappa shape index (κ3) is 5.17. The number of hydrogen-bond donors (Lipinski definition) is 1. The van der Waals surface area contributed by atoms with E-state index in [1.54, 1.807) is 0 Å². The first kappa shape index (κ1) is 7.17. The first-order chi connectivity index (χ1) is 3.91. The lowest BCUT2D eigenvalue weighted by molar-refractivity contribution is -0.122. The smallest absolute Gasteiger partial charge is 0.290 e. The van der Waals surface area contributed by atoms with Gasteiger partial charge in [-0.25, -0.2) is 0 Å². The second kappa shape index (κ2) is 6.17. The van der Waals surface area contributed by atoms with E-state index in [2.05, 4.69) is 23.6 Å². The maximum absolute atomic E-state index is 8.36. The lowest BCUT2D eigenvalue weighted by atomic mass is 10.6. The predicted molar refractivity (Wildman–Crippen MR) is 35.5 cm³/mol. The third-order valence-corrected chi connectivity index (χ3v) is 1.74. The Bertz CT molecular complexity index is 97.0. The van der Waals surface area contributed by atoms with Gasteiger partial charge in [0.05, 0.1) is 9.52 Å². The van der Waals surface area contributed by atoms with Crippen LogP contribution in [0, 0.1) is 0 Å². The van der Waals surface area contributed by atoms with E-state index in [1.807, 2.05) is 0 Å². The van der Waals surface area contributed by atoms with Crippen molar-refractivity contribution in [3.63, 3.8) is 0 Å². The van der Waals surface area contributed by atoms with Crippen molar-refractivity contribution in [2.24, 2.45) is 0 Å². The molecule has 0 aromatic rings. The summed E-state index contributed by atoms with van der Waals surface area (Å²) in [4.78, 5) is 8.36. The van der Waals surface area contributed by atoms with E-state index < -0.39 is 0 Å². The van der Waals surface area contributed by atoms with Crippen molar-refractivity contribution in [1.29, 1.82) is 0 Å². The fraction of sp³-hybridized carbons (Fsp3) is 0. The largest absolute Gasteiger partial charge is 0.483 e. The van der Waals surface area contributed by atoms with E-state index in [4.69, 9.17) is 9.90 Å². The number of carboxylic acid groups (broad SMARTS) is 1. The molecule has 2 nitrogen and oxygen atoms in total. The molecule has 0 aromatic carbocycles. The zero-order valence-electron chi connectivity index (χ0n) is 4.45. The van der Waals surface area contributed by atoms with Gasteiger partial charge in [0.2, 0.25) is 0 Å². The average molecular weight is 128 g/mol. The number of rotatable bonds is 0. The maximum atomic E-state index is 8.36. The molecular weight excluding hydrogens is 120 g/mol. The summed E-state index contributed by atoms with van der Waals surface area (Å²) < 4.78 is 0. The summed E-state index contributed by atoms with van der Waals surface area (Å²) in [6.45, 7) is -0.250. The fourth-order valence-electron chi connectivity index (χ4n) is 0.393. The van der Waals surface area contributed by atoms with Gasteiger partial charge in [-0.15, -0.1) is 0 Å². The number of hydrogen-bond acceptors (Lipinski definition) is 1. The van der Waals surface area contributed by atoms with Gasteiger partial charge in [-0.1, -0.05) is 23.6 Å². The molecule has 0 radical (unpaired) electrons. The van der Waals surface area contributed by atoms with Crippen LogP contribution in [0.1, 0.15) is 0 Å². The summed E-state index contributed by atoms with van der Waals surface area (Å²) in [6, 6.07) is 0. The standard InChI is InChI=1S/C4H6Si.CH2O2/c1-2-4-5-3-1;2-1-3/h1-4H,5H2;1H,(H,2,3). The van der Waals surface area contributed by atoms with E-state index in [0.717, 1.165) is 0 Å². The molecule has 1 aliphatic rings. The zero-order valence-corrected chi connectivity index (χ0v) is 5.86. The van der Waals surface area contributed by atoms with Gasteiger partial charge in [-0.3, -0.25) is 4.79 Å². The summed E-state index contributed by atoms with van der Waals surface area (Å²) in [5, 5.41) is 6.89. The van der Waals surface area contributed by atoms with Crippen LogP contribution in [0.25, 0.3) is 0 Å². The molecule has 1 heterocycles. The monoisotopic (exact) mass is 128 g/mol. The summed E-state index contributed by atoms with van der Waals surface area (Å²) >= 11 is 0. The van der Waals surface area contributed by atoms with Crippen LogP contribution in [0.5, 0.6) is 0 Å². The summed E-state index contributed by atoms with van der Waals surface area (Å²) in [5.74, 6) is 0. The van der Waals surface area contributed by atoms with Gasteiger partial charge in [0.25, 0.3) is 6.47 Å². The second-order valence-corrected chi connectivity index (χ2v) is 2.61. The first-order valence-electron chi connectivity index (χ1n) is 2.31. The van der Waals surface area contributed by atoms with E-state index in [0.29, 0.717) is 0 Å². The van der Waals surface area contributed by atoms with Gasteiger partial charge in [0.15, 0.2) is 0 Å². The molecule has 3 heteroatoms.